The highest BCUT2D eigenvalue weighted by Gasteiger charge is 2.15. The Morgan fingerprint density at radius 2 is 1.26 bits per heavy atom. The molecule has 0 unspecified atom stereocenters. The molecule has 0 amide bonds. The SMILES string of the molecule is CC.CC.CCc1cc2ccccc2c2c1oc1ccc3ccccc3c12. The van der Waals surface area contributed by atoms with E-state index in [1.54, 1.807) is 0 Å². The van der Waals surface area contributed by atoms with Crippen LogP contribution in [0.15, 0.2) is 71.1 Å². The molecule has 0 aliphatic rings. The highest BCUT2D eigenvalue weighted by Crippen LogP contribution is 2.40. The van der Waals surface area contributed by atoms with E-state index in [1.807, 2.05) is 27.7 Å². The van der Waals surface area contributed by atoms with Crippen LogP contribution in [0, 0.1) is 0 Å². The smallest absolute Gasteiger partial charge is 0.139 e. The summed E-state index contributed by atoms with van der Waals surface area (Å²) < 4.78 is 6.29. The molecule has 0 radical (unpaired) electrons. The van der Waals surface area contributed by atoms with Crippen molar-refractivity contribution >= 4 is 43.5 Å². The standard InChI is InChI=1S/C22H16O.2C2H6/c1-2-14-13-16-8-4-6-10-18(16)21-20-17-9-5-3-7-15(17)11-12-19(20)23-22(14)21;2*1-2/h3-13H,2H2,1H3;2*1-2H3. The molecular weight excluding hydrogens is 328 g/mol. The minimum atomic E-state index is 0.971. The fraction of sp³-hybridized carbons (Fsp3) is 0.231. The predicted octanol–water partition coefficient (Wildman–Crippen LogP) is 8.51. The summed E-state index contributed by atoms with van der Waals surface area (Å²) in [7, 11) is 0. The Morgan fingerprint density at radius 1 is 0.667 bits per heavy atom. The van der Waals surface area contributed by atoms with E-state index in [-0.39, 0.29) is 0 Å². The van der Waals surface area contributed by atoms with Crippen LogP contribution in [0.25, 0.3) is 43.5 Å². The molecule has 5 rings (SSSR count). The Morgan fingerprint density at radius 3 is 1.93 bits per heavy atom. The van der Waals surface area contributed by atoms with Crippen molar-refractivity contribution < 1.29 is 4.42 Å². The van der Waals surface area contributed by atoms with Gasteiger partial charge in [0.15, 0.2) is 0 Å². The molecule has 0 spiro atoms. The van der Waals surface area contributed by atoms with Crippen LogP contribution < -0.4 is 0 Å². The van der Waals surface area contributed by atoms with Gasteiger partial charge >= 0.3 is 0 Å². The molecule has 1 heteroatoms. The van der Waals surface area contributed by atoms with Gasteiger partial charge in [-0.05, 0) is 45.7 Å². The van der Waals surface area contributed by atoms with Gasteiger partial charge in [-0.2, -0.15) is 0 Å². The van der Waals surface area contributed by atoms with E-state index in [0.29, 0.717) is 0 Å². The van der Waals surface area contributed by atoms with Crippen LogP contribution in [0.3, 0.4) is 0 Å². The second kappa shape index (κ2) is 8.26. The van der Waals surface area contributed by atoms with Crippen molar-refractivity contribution in [2.45, 2.75) is 41.0 Å². The molecule has 0 saturated carbocycles. The third kappa shape index (κ3) is 3.08. The van der Waals surface area contributed by atoms with Crippen molar-refractivity contribution in [1.29, 1.82) is 0 Å². The molecule has 27 heavy (non-hydrogen) atoms. The maximum absolute atomic E-state index is 6.29. The Hall–Kier alpha value is -2.80. The van der Waals surface area contributed by atoms with Gasteiger partial charge in [0.25, 0.3) is 0 Å². The van der Waals surface area contributed by atoms with Gasteiger partial charge in [0.1, 0.15) is 11.2 Å². The number of rotatable bonds is 1. The molecule has 0 aliphatic heterocycles. The predicted molar refractivity (Wildman–Crippen MR) is 121 cm³/mol. The number of aryl methyl sites for hydroxylation is 1. The first-order valence-electron chi connectivity index (χ1n) is 10.1. The summed E-state index contributed by atoms with van der Waals surface area (Å²) >= 11 is 0. The van der Waals surface area contributed by atoms with E-state index in [9.17, 15) is 0 Å². The second-order valence-corrected chi connectivity index (χ2v) is 6.08. The zero-order chi connectivity index (χ0) is 19.4. The van der Waals surface area contributed by atoms with E-state index in [2.05, 4.69) is 73.7 Å². The molecule has 1 nitrogen and oxygen atoms in total. The molecule has 5 aromatic rings. The summed E-state index contributed by atoms with van der Waals surface area (Å²) in [5.74, 6) is 0. The fourth-order valence-electron chi connectivity index (χ4n) is 3.72. The lowest BCUT2D eigenvalue weighted by Gasteiger charge is -2.05. The van der Waals surface area contributed by atoms with Crippen LogP contribution in [-0.2, 0) is 6.42 Å². The Balaban J connectivity index is 0.000000495. The second-order valence-electron chi connectivity index (χ2n) is 6.08. The van der Waals surface area contributed by atoms with Gasteiger partial charge in [0.05, 0.1) is 0 Å². The lowest BCUT2D eigenvalue weighted by atomic mass is 9.97. The molecule has 138 valence electrons. The van der Waals surface area contributed by atoms with Crippen molar-refractivity contribution in [3.05, 3.63) is 72.3 Å². The van der Waals surface area contributed by atoms with Crippen LogP contribution in [0.5, 0.6) is 0 Å². The maximum atomic E-state index is 6.29. The number of furan rings is 1. The average molecular weight is 357 g/mol. The number of fused-ring (bicyclic) bond motifs is 7. The summed E-state index contributed by atoms with van der Waals surface area (Å²) in [4.78, 5) is 0. The summed E-state index contributed by atoms with van der Waals surface area (Å²) in [5, 5.41) is 7.58. The summed E-state index contributed by atoms with van der Waals surface area (Å²) in [6.07, 6.45) is 0.971. The minimum Gasteiger partial charge on any atom is -0.456 e. The van der Waals surface area contributed by atoms with Crippen molar-refractivity contribution in [3.63, 3.8) is 0 Å². The quantitative estimate of drug-likeness (QED) is 0.293. The van der Waals surface area contributed by atoms with Gasteiger partial charge in [0.2, 0.25) is 0 Å². The highest BCUT2D eigenvalue weighted by molar-refractivity contribution is 6.26. The van der Waals surface area contributed by atoms with Crippen molar-refractivity contribution in [3.8, 4) is 0 Å². The summed E-state index contributed by atoms with van der Waals surface area (Å²) in [6, 6.07) is 23.7. The van der Waals surface area contributed by atoms with Crippen LogP contribution in [0.4, 0.5) is 0 Å². The van der Waals surface area contributed by atoms with E-state index in [4.69, 9.17) is 4.42 Å². The number of hydrogen-bond donors (Lipinski definition) is 0. The monoisotopic (exact) mass is 356 g/mol. The van der Waals surface area contributed by atoms with Crippen LogP contribution in [-0.4, -0.2) is 0 Å². The Bertz CT molecular complexity index is 1190. The highest BCUT2D eigenvalue weighted by atomic mass is 16.3. The normalized spacial score (nSPS) is 10.6. The largest absolute Gasteiger partial charge is 0.456 e. The van der Waals surface area contributed by atoms with E-state index < -0.39 is 0 Å². The van der Waals surface area contributed by atoms with Gasteiger partial charge in [-0.15, -0.1) is 0 Å². The van der Waals surface area contributed by atoms with Crippen molar-refractivity contribution in [1.82, 2.24) is 0 Å². The van der Waals surface area contributed by atoms with E-state index in [1.165, 1.54) is 37.9 Å². The maximum Gasteiger partial charge on any atom is 0.139 e. The van der Waals surface area contributed by atoms with E-state index in [0.717, 1.165) is 17.6 Å². The first kappa shape index (κ1) is 19.0. The first-order chi connectivity index (χ1) is 13.4. The molecule has 0 saturated heterocycles. The van der Waals surface area contributed by atoms with Crippen LogP contribution in [0.2, 0.25) is 0 Å². The molecule has 1 aromatic heterocycles. The zero-order valence-corrected chi connectivity index (χ0v) is 17.0. The molecule has 1 heterocycles. The van der Waals surface area contributed by atoms with Crippen molar-refractivity contribution in [2.24, 2.45) is 0 Å². The fourth-order valence-corrected chi connectivity index (χ4v) is 3.72. The molecule has 4 aromatic carbocycles. The van der Waals surface area contributed by atoms with E-state index >= 15 is 0 Å². The zero-order valence-electron chi connectivity index (χ0n) is 17.0. The van der Waals surface area contributed by atoms with Gasteiger partial charge in [-0.3, -0.25) is 0 Å². The van der Waals surface area contributed by atoms with Gasteiger partial charge < -0.3 is 4.42 Å². The summed E-state index contributed by atoms with van der Waals surface area (Å²) in [5.41, 5.74) is 3.29. The molecule has 0 aliphatic carbocycles. The molecule has 0 bridgehead atoms. The van der Waals surface area contributed by atoms with Crippen molar-refractivity contribution in [2.75, 3.05) is 0 Å². The van der Waals surface area contributed by atoms with Crippen LogP contribution >= 0.6 is 0 Å². The van der Waals surface area contributed by atoms with Gasteiger partial charge in [-0.25, -0.2) is 0 Å². The third-order valence-electron chi connectivity index (χ3n) is 4.81. The number of hydrogen-bond acceptors (Lipinski definition) is 1. The third-order valence-corrected chi connectivity index (χ3v) is 4.81. The molecule has 0 N–H and O–H groups in total. The van der Waals surface area contributed by atoms with Gasteiger partial charge in [0, 0.05) is 10.8 Å². The topological polar surface area (TPSA) is 13.1 Å². The first-order valence-corrected chi connectivity index (χ1v) is 10.1. The molecule has 0 fully saturated rings. The lowest BCUT2D eigenvalue weighted by Crippen LogP contribution is -1.83. The molecule has 0 atom stereocenters. The lowest BCUT2D eigenvalue weighted by molar-refractivity contribution is 0.664. The van der Waals surface area contributed by atoms with Gasteiger partial charge in [-0.1, -0.05) is 89.2 Å². The van der Waals surface area contributed by atoms with Crippen LogP contribution in [0.1, 0.15) is 40.2 Å². The average Bonchev–Trinajstić information content (AvgIpc) is 3.16. The Labute approximate surface area is 161 Å². The number of benzene rings is 4. The molecular formula is C26H28O. The summed E-state index contributed by atoms with van der Waals surface area (Å²) in [6.45, 7) is 10.2. The Kier molecular flexibility index (Phi) is 5.81. The minimum absolute atomic E-state index is 0.971.